The van der Waals surface area contributed by atoms with E-state index in [0.29, 0.717) is 22.9 Å². The molecule has 2 rings (SSSR count). The Morgan fingerprint density at radius 3 is 2.67 bits per heavy atom. The van der Waals surface area contributed by atoms with Crippen LogP contribution in [0.15, 0.2) is 18.3 Å². The molecule has 7 heteroatoms. The monoisotopic (exact) mass is 345 g/mol. The molecule has 2 aromatic rings. The van der Waals surface area contributed by atoms with Gasteiger partial charge in [0.15, 0.2) is 5.15 Å². The lowest BCUT2D eigenvalue weighted by Crippen LogP contribution is -2.18. The number of pyridine rings is 1. The van der Waals surface area contributed by atoms with Crippen LogP contribution in [0.1, 0.15) is 29.4 Å². The average Bonchev–Trinajstić information content (AvgIpc) is 2.75. The van der Waals surface area contributed by atoms with E-state index >= 15 is 0 Å². The first-order valence-corrected chi connectivity index (χ1v) is 7.55. The van der Waals surface area contributed by atoms with E-state index in [2.05, 4.69) is 10.3 Å². The molecule has 0 bridgehead atoms. The quantitative estimate of drug-likeness (QED) is 0.807. The van der Waals surface area contributed by atoms with Crippen LogP contribution in [0.2, 0.25) is 15.3 Å². The van der Waals surface area contributed by atoms with Crippen molar-refractivity contribution < 1.29 is 4.79 Å². The Hall–Kier alpha value is -1.23. The number of carbonyl (C=O) groups excluding carboxylic acids is 1. The van der Waals surface area contributed by atoms with Gasteiger partial charge in [0, 0.05) is 12.7 Å². The minimum absolute atomic E-state index is 0.160. The number of aryl methyl sites for hydroxylation is 2. The fraction of sp³-hybridized carbons (Fsp3) is 0.286. The standard InChI is InChI=1S/C14H14Cl3N3O/c1-3-4-20-7-9(15)6-10(20)14(21)19-12-8(2)5-11(16)18-13(12)17/h5-7H,3-4H2,1-2H3,(H,19,21). The van der Waals surface area contributed by atoms with Gasteiger partial charge in [-0.1, -0.05) is 41.7 Å². The highest BCUT2D eigenvalue weighted by atomic mass is 35.5. The maximum atomic E-state index is 12.4. The maximum absolute atomic E-state index is 12.4. The van der Waals surface area contributed by atoms with Crippen LogP contribution in [0.5, 0.6) is 0 Å². The van der Waals surface area contributed by atoms with Crippen LogP contribution in [0.4, 0.5) is 5.69 Å². The summed E-state index contributed by atoms with van der Waals surface area (Å²) in [7, 11) is 0. The number of hydrogen-bond acceptors (Lipinski definition) is 2. The molecule has 1 N–H and O–H groups in total. The molecule has 0 saturated heterocycles. The normalized spacial score (nSPS) is 10.7. The van der Waals surface area contributed by atoms with Crippen LogP contribution in [-0.4, -0.2) is 15.5 Å². The van der Waals surface area contributed by atoms with Crippen molar-refractivity contribution in [1.29, 1.82) is 0 Å². The van der Waals surface area contributed by atoms with Crippen LogP contribution in [0.3, 0.4) is 0 Å². The molecular weight excluding hydrogens is 333 g/mol. The Balaban J connectivity index is 2.30. The number of amides is 1. The van der Waals surface area contributed by atoms with Crippen molar-refractivity contribution in [2.75, 3.05) is 5.32 Å². The number of anilines is 1. The SMILES string of the molecule is CCCn1cc(Cl)cc1C(=O)Nc1c(C)cc(Cl)nc1Cl. The Morgan fingerprint density at radius 2 is 2.05 bits per heavy atom. The van der Waals surface area contributed by atoms with Gasteiger partial charge in [-0.3, -0.25) is 4.79 Å². The third-order valence-electron chi connectivity index (χ3n) is 2.94. The van der Waals surface area contributed by atoms with E-state index in [0.717, 1.165) is 12.0 Å². The van der Waals surface area contributed by atoms with E-state index in [1.807, 2.05) is 11.5 Å². The molecule has 112 valence electrons. The van der Waals surface area contributed by atoms with E-state index < -0.39 is 0 Å². The zero-order valence-electron chi connectivity index (χ0n) is 11.6. The van der Waals surface area contributed by atoms with Gasteiger partial charge in [0.2, 0.25) is 0 Å². The summed E-state index contributed by atoms with van der Waals surface area (Å²) in [6.07, 6.45) is 2.63. The molecule has 0 atom stereocenters. The third kappa shape index (κ3) is 3.70. The molecule has 0 aromatic carbocycles. The summed E-state index contributed by atoms with van der Waals surface area (Å²) in [5.74, 6) is -0.288. The summed E-state index contributed by atoms with van der Waals surface area (Å²) in [6.45, 7) is 4.54. The number of nitrogens with one attached hydrogen (secondary N) is 1. The number of rotatable bonds is 4. The molecule has 21 heavy (non-hydrogen) atoms. The smallest absolute Gasteiger partial charge is 0.272 e. The lowest BCUT2D eigenvalue weighted by molar-refractivity contribution is 0.101. The Morgan fingerprint density at radius 1 is 1.33 bits per heavy atom. The van der Waals surface area contributed by atoms with Gasteiger partial charge in [-0.25, -0.2) is 4.98 Å². The fourth-order valence-electron chi connectivity index (χ4n) is 2.01. The van der Waals surface area contributed by atoms with Gasteiger partial charge >= 0.3 is 0 Å². The van der Waals surface area contributed by atoms with Crippen LogP contribution >= 0.6 is 34.8 Å². The van der Waals surface area contributed by atoms with Crippen molar-refractivity contribution in [3.8, 4) is 0 Å². The number of aromatic nitrogens is 2. The van der Waals surface area contributed by atoms with Gasteiger partial charge in [0.05, 0.1) is 10.7 Å². The minimum Gasteiger partial charge on any atom is -0.342 e. The molecule has 0 fully saturated rings. The summed E-state index contributed by atoms with van der Waals surface area (Å²) < 4.78 is 1.81. The highest BCUT2D eigenvalue weighted by Gasteiger charge is 2.16. The van der Waals surface area contributed by atoms with Crippen molar-refractivity contribution in [3.05, 3.63) is 44.9 Å². The maximum Gasteiger partial charge on any atom is 0.272 e. The minimum atomic E-state index is -0.288. The first-order chi connectivity index (χ1) is 9.92. The van der Waals surface area contributed by atoms with Gasteiger partial charge < -0.3 is 9.88 Å². The second-order valence-corrected chi connectivity index (χ2v) is 5.80. The van der Waals surface area contributed by atoms with Crippen LogP contribution < -0.4 is 5.32 Å². The van der Waals surface area contributed by atoms with Crippen LogP contribution in [-0.2, 0) is 6.54 Å². The van der Waals surface area contributed by atoms with Gasteiger partial charge in [0.1, 0.15) is 10.8 Å². The fourth-order valence-corrected chi connectivity index (χ4v) is 2.81. The summed E-state index contributed by atoms with van der Waals surface area (Å²) in [5.41, 5.74) is 1.67. The summed E-state index contributed by atoms with van der Waals surface area (Å²) in [4.78, 5) is 16.3. The van der Waals surface area contributed by atoms with E-state index in [1.54, 1.807) is 25.3 Å². The van der Waals surface area contributed by atoms with E-state index in [4.69, 9.17) is 34.8 Å². The lowest BCUT2D eigenvalue weighted by Gasteiger charge is -2.12. The topological polar surface area (TPSA) is 46.9 Å². The Bertz CT molecular complexity index is 659. The number of hydrogen-bond donors (Lipinski definition) is 1. The van der Waals surface area contributed by atoms with Gasteiger partial charge in [0.25, 0.3) is 5.91 Å². The zero-order valence-corrected chi connectivity index (χ0v) is 13.9. The number of halogens is 3. The summed E-state index contributed by atoms with van der Waals surface area (Å²) in [6, 6.07) is 3.26. The zero-order chi connectivity index (χ0) is 15.6. The van der Waals surface area contributed by atoms with Gasteiger partial charge in [-0.15, -0.1) is 0 Å². The number of carbonyl (C=O) groups is 1. The van der Waals surface area contributed by atoms with E-state index in [-0.39, 0.29) is 16.2 Å². The molecule has 0 saturated carbocycles. The molecule has 2 aromatic heterocycles. The molecule has 0 aliphatic heterocycles. The Labute approximate surface area is 138 Å². The molecule has 4 nitrogen and oxygen atoms in total. The predicted molar refractivity (Wildman–Crippen MR) is 86.7 cm³/mol. The Kier molecular flexibility index (Phi) is 5.14. The van der Waals surface area contributed by atoms with Gasteiger partial charge in [-0.05, 0) is 31.0 Å². The molecular formula is C14H14Cl3N3O. The summed E-state index contributed by atoms with van der Waals surface area (Å²) in [5, 5.41) is 3.73. The lowest BCUT2D eigenvalue weighted by atomic mass is 10.2. The second-order valence-electron chi connectivity index (χ2n) is 4.62. The highest BCUT2D eigenvalue weighted by molar-refractivity contribution is 6.35. The third-order valence-corrected chi connectivity index (χ3v) is 3.61. The van der Waals surface area contributed by atoms with Crippen molar-refractivity contribution in [3.63, 3.8) is 0 Å². The predicted octanol–water partition coefficient (Wildman–Crippen LogP) is 4.81. The average molecular weight is 347 g/mol. The molecule has 0 radical (unpaired) electrons. The van der Waals surface area contributed by atoms with E-state index in [1.165, 1.54) is 0 Å². The first kappa shape index (κ1) is 16.1. The molecule has 0 spiro atoms. The second kappa shape index (κ2) is 6.69. The highest BCUT2D eigenvalue weighted by Crippen LogP contribution is 2.27. The van der Waals surface area contributed by atoms with Crippen LogP contribution in [0, 0.1) is 6.92 Å². The molecule has 2 heterocycles. The van der Waals surface area contributed by atoms with Crippen molar-refractivity contribution in [1.82, 2.24) is 9.55 Å². The van der Waals surface area contributed by atoms with Crippen molar-refractivity contribution in [2.24, 2.45) is 0 Å². The van der Waals surface area contributed by atoms with Gasteiger partial charge in [-0.2, -0.15) is 0 Å². The van der Waals surface area contributed by atoms with Crippen molar-refractivity contribution in [2.45, 2.75) is 26.8 Å². The molecule has 0 unspecified atom stereocenters. The molecule has 1 amide bonds. The van der Waals surface area contributed by atoms with Crippen molar-refractivity contribution >= 4 is 46.4 Å². The largest absolute Gasteiger partial charge is 0.342 e. The summed E-state index contributed by atoms with van der Waals surface area (Å²) >= 11 is 17.8. The number of nitrogens with zero attached hydrogens (tertiary/aromatic N) is 2. The van der Waals surface area contributed by atoms with E-state index in [9.17, 15) is 4.79 Å². The molecule has 0 aliphatic carbocycles. The van der Waals surface area contributed by atoms with Crippen LogP contribution in [0.25, 0.3) is 0 Å². The molecule has 0 aliphatic rings. The first-order valence-electron chi connectivity index (χ1n) is 6.42.